The van der Waals surface area contributed by atoms with Crippen molar-refractivity contribution in [2.75, 3.05) is 18.9 Å². The topological polar surface area (TPSA) is 41.0 Å². The number of hydrogen-bond acceptors (Lipinski definition) is 5. The second-order valence-corrected chi connectivity index (χ2v) is 10.3. The highest BCUT2D eigenvalue weighted by Gasteiger charge is 2.26. The Hall–Kier alpha value is -1.69. The predicted molar refractivity (Wildman–Crippen MR) is 127 cm³/mol. The van der Waals surface area contributed by atoms with E-state index in [0.717, 1.165) is 28.6 Å². The van der Waals surface area contributed by atoms with E-state index in [9.17, 15) is 0 Å². The molecule has 0 aliphatic heterocycles. The number of aromatic nitrogens is 2. The van der Waals surface area contributed by atoms with Crippen molar-refractivity contribution >= 4 is 39.0 Å². The first kappa shape index (κ1) is 20.2. The van der Waals surface area contributed by atoms with Crippen LogP contribution in [0.15, 0.2) is 30.6 Å². The number of fused-ring (bicyclic) bond motifs is 3. The van der Waals surface area contributed by atoms with Crippen LogP contribution >= 0.6 is 22.9 Å². The third-order valence-corrected chi connectivity index (χ3v) is 8.24. The molecule has 0 bridgehead atoms. The largest absolute Gasteiger partial charge is 0.367 e. The van der Waals surface area contributed by atoms with E-state index in [4.69, 9.17) is 11.6 Å². The molecule has 1 aromatic carbocycles. The smallest absolute Gasteiger partial charge is 0.138 e. The van der Waals surface area contributed by atoms with Gasteiger partial charge in [-0.3, -0.25) is 0 Å². The summed E-state index contributed by atoms with van der Waals surface area (Å²) in [6.07, 6.45) is 11.3. The summed E-state index contributed by atoms with van der Waals surface area (Å²) in [7, 11) is 2.27. The highest BCUT2D eigenvalue weighted by atomic mass is 35.5. The predicted octanol–water partition coefficient (Wildman–Crippen LogP) is 5.73. The van der Waals surface area contributed by atoms with Crippen molar-refractivity contribution in [3.63, 3.8) is 0 Å². The van der Waals surface area contributed by atoms with E-state index >= 15 is 0 Å². The number of halogens is 1. The van der Waals surface area contributed by atoms with E-state index in [2.05, 4.69) is 39.4 Å². The van der Waals surface area contributed by atoms with Gasteiger partial charge in [0, 0.05) is 28.5 Å². The summed E-state index contributed by atoms with van der Waals surface area (Å²) in [5, 5.41) is 5.92. The molecule has 1 saturated carbocycles. The normalized spacial score (nSPS) is 21.3. The van der Waals surface area contributed by atoms with Crippen molar-refractivity contribution in [2.45, 2.75) is 63.5 Å². The Labute approximate surface area is 187 Å². The molecule has 3 aromatic rings. The summed E-state index contributed by atoms with van der Waals surface area (Å²) < 4.78 is 0. The van der Waals surface area contributed by atoms with Gasteiger partial charge >= 0.3 is 0 Å². The molecule has 0 spiro atoms. The number of nitrogens with zero attached hydrogens (tertiary/aromatic N) is 3. The lowest BCUT2D eigenvalue weighted by molar-refractivity contribution is 0.188. The fraction of sp³-hybridized carbons (Fsp3) is 0.500. The van der Waals surface area contributed by atoms with Crippen LogP contribution in [0.5, 0.6) is 0 Å². The van der Waals surface area contributed by atoms with Crippen LogP contribution < -0.4 is 5.32 Å². The van der Waals surface area contributed by atoms with Crippen molar-refractivity contribution in [3.05, 3.63) is 51.6 Å². The average molecular weight is 441 g/mol. The molecule has 0 atom stereocenters. The van der Waals surface area contributed by atoms with Crippen molar-refractivity contribution < 1.29 is 0 Å². The lowest BCUT2D eigenvalue weighted by Crippen LogP contribution is -2.39. The molecule has 6 heteroatoms. The van der Waals surface area contributed by atoms with Gasteiger partial charge in [0.1, 0.15) is 17.0 Å². The Morgan fingerprint density at radius 1 is 1.17 bits per heavy atom. The fourth-order valence-electron chi connectivity index (χ4n) is 5.07. The van der Waals surface area contributed by atoms with Gasteiger partial charge in [-0.25, -0.2) is 9.97 Å². The van der Waals surface area contributed by atoms with E-state index in [1.807, 2.05) is 23.5 Å². The van der Waals surface area contributed by atoms with E-state index in [1.165, 1.54) is 66.3 Å². The van der Waals surface area contributed by atoms with E-state index < -0.39 is 0 Å². The van der Waals surface area contributed by atoms with Crippen LogP contribution in [0.2, 0.25) is 5.02 Å². The summed E-state index contributed by atoms with van der Waals surface area (Å²) in [6, 6.07) is 9.42. The maximum atomic E-state index is 6.12. The Kier molecular flexibility index (Phi) is 5.94. The van der Waals surface area contributed by atoms with Gasteiger partial charge in [0.2, 0.25) is 0 Å². The highest BCUT2D eigenvalue weighted by Crippen LogP contribution is 2.39. The molecule has 30 heavy (non-hydrogen) atoms. The Morgan fingerprint density at radius 3 is 2.87 bits per heavy atom. The SMILES string of the molecule is CN(CCc1cccc(Cl)c1)C1CCC(Nc2ncnc3sc4c(c23)CCC4)CC1. The van der Waals surface area contributed by atoms with Crippen LogP contribution in [-0.4, -0.2) is 40.5 Å². The second kappa shape index (κ2) is 8.81. The number of hydrogen-bond donors (Lipinski definition) is 1. The van der Waals surface area contributed by atoms with Gasteiger partial charge in [0.25, 0.3) is 0 Å². The van der Waals surface area contributed by atoms with Crippen LogP contribution in [0.4, 0.5) is 5.82 Å². The zero-order chi connectivity index (χ0) is 20.5. The highest BCUT2D eigenvalue weighted by molar-refractivity contribution is 7.19. The van der Waals surface area contributed by atoms with Gasteiger partial charge in [-0.15, -0.1) is 11.3 Å². The lowest BCUT2D eigenvalue weighted by atomic mass is 9.90. The first-order valence-corrected chi connectivity index (χ1v) is 12.3. The average Bonchev–Trinajstić information content (AvgIpc) is 3.34. The summed E-state index contributed by atoms with van der Waals surface area (Å²) in [5.41, 5.74) is 2.83. The molecule has 5 rings (SSSR count). The van der Waals surface area contributed by atoms with Crippen molar-refractivity contribution in [1.29, 1.82) is 0 Å². The molecule has 2 aliphatic carbocycles. The van der Waals surface area contributed by atoms with Crippen LogP contribution in [0.1, 0.15) is 48.1 Å². The zero-order valence-electron chi connectivity index (χ0n) is 17.5. The zero-order valence-corrected chi connectivity index (χ0v) is 19.1. The monoisotopic (exact) mass is 440 g/mol. The Balaban J connectivity index is 1.17. The molecule has 0 amide bonds. The van der Waals surface area contributed by atoms with Crippen LogP contribution in [0, 0.1) is 0 Å². The van der Waals surface area contributed by atoms with Gasteiger partial charge < -0.3 is 10.2 Å². The van der Waals surface area contributed by atoms with Crippen LogP contribution in [0.25, 0.3) is 10.2 Å². The quantitative estimate of drug-likeness (QED) is 0.531. The number of thiophene rings is 1. The summed E-state index contributed by atoms with van der Waals surface area (Å²) in [4.78, 5) is 14.4. The molecule has 2 heterocycles. The molecular formula is C24H29ClN4S. The van der Waals surface area contributed by atoms with E-state index in [0.29, 0.717) is 12.1 Å². The first-order chi connectivity index (χ1) is 14.7. The van der Waals surface area contributed by atoms with Gasteiger partial charge in [0.15, 0.2) is 0 Å². The molecule has 4 nitrogen and oxygen atoms in total. The van der Waals surface area contributed by atoms with Gasteiger partial charge in [-0.1, -0.05) is 23.7 Å². The summed E-state index contributed by atoms with van der Waals surface area (Å²) in [5.74, 6) is 1.07. The van der Waals surface area contributed by atoms with Crippen LogP contribution in [-0.2, 0) is 19.3 Å². The van der Waals surface area contributed by atoms with Crippen molar-refractivity contribution in [2.24, 2.45) is 0 Å². The van der Waals surface area contributed by atoms with Gasteiger partial charge in [0.05, 0.1) is 5.39 Å². The molecule has 1 fully saturated rings. The molecule has 0 radical (unpaired) electrons. The van der Waals surface area contributed by atoms with Gasteiger partial charge in [-0.05, 0) is 81.7 Å². The van der Waals surface area contributed by atoms with Crippen molar-refractivity contribution in [1.82, 2.24) is 14.9 Å². The fourth-order valence-corrected chi connectivity index (χ4v) is 6.51. The van der Waals surface area contributed by atoms with E-state index in [1.54, 1.807) is 6.33 Å². The summed E-state index contributed by atoms with van der Waals surface area (Å²) >= 11 is 7.99. The Bertz CT molecular complexity index is 1030. The number of rotatable bonds is 6. The van der Waals surface area contributed by atoms with Crippen molar-refractivity contribution in [3.8, 4) is 0 Å². The number of aryl methyl sites for hydroxylation is 2. The minimum Gasteiger partial charge on any atom is -0.367 e. The molecule has 2 aliphatic rings. The lowest BCUT2D eigenvalue weighted by Gasteiger charge is -2.35. The summed E-state index contributed by atoms with van der Waals surface area (Å²) in [6.45, 7) is 1.08. The number of likely N-dealkylation sites (N-methyl/N-ethyl adjacent to an activating group) is 1. The van der Waals surface area contributed by atoms with Gasteiger partial charge in [-0.2, -0.15) is 0 Å². The number of nitrogens with one attached hydrogen (secondary N) is 1. The molecular weight excluding hydrogens is 412 g/mol. The van der Waals surface area contributed by atoms with E-state index in [-0.39, 0.29) is 0 Å². The second-order valence-electron chi connectivity index (χ2n) is 8.77. The molecule has 0 saturated heterocycles. The minimum absolute atomic E-state index is 0.512. The molecule has 158 valence electrons. The van der Waals surface area contributed by atoms with Crippen LogP contribution in [0.3, 0.4) is 0 Å². The number of benzene rings is 1. The molecule has 1 N–H and O–H groups in total. The minimum atomic E-state index is 0.512. The number of anilines is 1. The standard InChI is InChI=1S/C24H29ClN4S/c1-29(13-12-16-4-2-5-17(25)14-16)19-10-8-18(9-11-19)28-23-22-20-6-3-7-21(20)30-24(22)27-15-26-23/h2,4-5,14-15,18-19H,3,6-13H2,1H3,(H,26,27,28). The third-order valence-electron chi connectivity index (χ3n) is 6.80. The first-order valence-electron chi connectivity index (χ1n) is 11.1. The maximum absolute atomic E-state index is 6.12. The maximum Gasteiger partial charge on any atom is 0.138 e. The third kappa shape index (κ3) is 4.20. The Morgan fingerprint density at radius 2 is 2.03 bits per heavy atom. The molecule has 0 unspecified atom stereocenters. The molecule has 2 aromatic heterocycles.